The zero-order chi connectivity index (χ0) is 14.5. The molecule has 3 rings (SSSR count). The zero-order valence-corrected chi connectivity index (χ0v) is 13.4. The first-order valence-corrected chi connectivity index (χ1v) is 8.74. The lowest BCUT2D eigenvalue weighted by Gasteiger charge is -2.34. The van der Waals surface area contributed by atoms with Gasteiger partial charge in [0.05, 0.1) is 6.54 Å². The predicted octanol–water partition coefficient (Wildman–Crippen LogP) is 1.84. The second-order valence-corrected chi connectivity index (χ2v) is 6.75. The van der Waals surface area contributed by atoms with E-state index in [-0.39, 0.29) is 0 Å². The molecule has 0 spiro atoms. The Labute approximate surface area is 133 Å². The van der Waals surface area contributed by atoms with E-state index < -0.39 is 0 Å². The van der Waals surface area contributed by atoms with Gasteiger partial charge in [-0.15, -0.1) is 22.7 Å². The largest absolute Gasteiger partial charge is 0.346 e. The molecule has 3 heterocycles. The van der Waals surface area contributed by atoms with Gasteiger partial charge in [0, 0.05) is 60.1 Å². The molecule has 1 aliphatic rings. The number of rotatable bonds is 3. The topological polar surface area (TPSA) is 45.4 Å². The number of piperazine rings is 1. The van der Waals surface area contributed by atoms with Crippen LogP contribution in [0.1, 0.15) is 10.4 Å². The minimum absolute atomic E-state index is 0.421. The van der Waals surface area contributed by atoms with Crippen LogP contribution in [0.15, 0.2) is 23.0 Å². The lowest BCUT2D eigenvalue weighted by Crippen LogP contribution is -2.45. The average molecular weight is 318 g/mol. The van der Waals surface area contributed by atoms with Crippen molar-refractivity contribution in [3.63, 3.8) is 0 Å². The van der Waals surface area contributed by atoms with E-state index in [2.05, 4.69) is 38.1 Å². The van der Waals surface area contributed by atoms with E-state index in [1.165, 1.54) is 4.88 Å². The Morgan fingerprint density at radius 3 is 2.81 bits per heavy atom. The van der Waals surface area contributed by atoms with E-state index in [1.807, 2.05) is 11.6 Å². The Bertz CT molecular complexity index is 616. The number of hydrogen-bond acceptors (Lipinski definition) is 6. The monoisotopic (exact) mass is 318 g/mol. The highest BCUT2D eigenvalue weighted by Crippen LogP contribution is 2.21. The summed E-state index contributed by atoms with van der Waals surface area (Å²) >= 11 is 3.50. The number of nitrogens with two attached hydrogens (primary N) is 1. The molecule has 2 aromatic rings. The van der Waals surface area contributed by atoms with Crippen LogP contribution < -0.4 is 10.6 Å². The van der Waals surface area contributed by atoms with Gasteiger partial charge in [-0.1, -0.05) is 11.8 Å². The predicted molar refractivity (Wildman–Crippen MR) is 89.9 cm³/mol. The number of aromatic nitrogens is 1. The summed E-state index contributed by atoms with van der Waals surface area (Å²) < 4.78 is 0. The van der Waals surface area contributed by atoms with Crippen molar-refractivity contribution in [1.29, 1.82) is 0 Å². The second-order valence-electron chi connectivity index (χ2n) is 4.89. The van der Waals surface area contributed by atoms with Gasteiger partial charge in [-0.25, -0.2) is 4.98 Å². The number of thiazole rings is 1. The Morgan fingerprint density at radius 2 is 2.10 bits per heavy atom. The fraction of sp³-hybridized carbons (Fsp3) is 0.400. The van der Waals surface area contributed by atoms with E-state index >= 15 is 0 Å². The van der Waals surface area contributed by atoms with Gasteiger partial charge in [-0.3, -0.25) is 4.90 Å². The molecule has 0 radical (unpaired) electrons. The van der Waals surface area contributed by atoms with E-state index in [4.69, 9.17) is 5.73 Å². The standard InChI is InChI=1S/C15H18N4S2/c16-3-1-2-13-10-14(21-12-13)11-18-5-7-19(8-6-18)15-17-4-9-20-15/h4,9-10,12H,3,5-8,11,16H2. The zero-order valence-electron chi connectivity index (χ0n) is 11.8. The Balaban J connectivity index is 1.52. The second kappa shape index (κ2) is 7.05. The van der Waals surface area contributed by atoms with Gasteiger partial charge in [-0.2, -0.15) is 0 Å². The van der Waals surface area contributed by atoms with Crippen molar-refractivity contribution in [2.75, 3.05) is 37.6 Å². The van der Waals surface area contributed by atoms with Crippen molar-refractivity contribution in [3.8, 4) is 11.8 Å². The van der Waals surface area contributed by atoms with Crippen LogP contribution in [0.2, 0.25) is 0 Å². The van der Waals surface area contributed by atoms with Gasteiger partial charge in [0.25, 0.3) is 0 Å². The first kappa shape index (κ1) is 14.5. The SMILES string of the molecule is NCC#Cc1csc(CN2CCN(c3nccs3)CC2)c1. The lowest BCUT2D eigenvalue weighted by atomic mass is 10.2. The van der Waals surface area contributed by atoms with Crippen molar-refractivity contribution in [1.82, 2.24) is 9.88 Å². The lowest BCUT2D eigenvalue weighted by molar-refractivity contribution is 0.252. The fourth-order valence-corrected chi connectivity index (χ4v) is 3.93. The Hall–Kier alpha value is -1.39. The van der Waals surface area contributed by atoms with Crippen molar-refractivity contribution >= 4 is 27.8 Å². The van der Waals surface area contributed by atoms with Crippen LogP contribution in [0.4, 0.5) is 5.13 Å². The van der Waals surface area contributed by atoms with Gasteiger partial charge >= 0.3 is 0 Å². The molecule has 4 nitrogen and oxygen atoms in total. The normalized spacial score (nSPS) is 15.8. The molecule has 21 heavy (non-hydrogen) atoms. The molecule has 0 unspecified atom stereocenters. The van der Waals surface area contributed by atoms with Crippen LogP contribution in [-0.2, 0) is 6.54 Å². The number of nitrogens with zero attached hydrogens (tertiary/aromatic N) is 3. The maximum Gasteiger partial charge on any atom is 0.185 e. The van der Waals surface area contributed by atoms with Gasteiger partial charge in [0.2, 0.25) is 0 Å². The average Bonchev–Trinajstić information content (AvgIpc) is 3.17. The van der Waals surface area contributed by atoms with Crippen LogP contribution in [0.25, 0.3) is 0 Å². The molecule has 1 saturated heterocycles. The van der Waals surface area contributed by atoms with Crippen LogP contribution in [0, 0.1) is 11.8 Å². The quantitative estimate of drug-likeness (QED) is 0.877. The highest BCUT2D eigenvalue weighted by molar-refractivity contribution is 7.13. The molecule has 0 amide bonds. The van der Waals surface area contributed by atoms with Crippen LogP contribution in [0.5, 0.6) is 0 Å². The van der Waals surface area contributed by atoms with Crippen molar-refractivity contribution < 1.29 is 0 Å². The highest BCUT2D eigenvalue weighted by atomic mass is 32.1. The molecule has 0 aliphatic carbocycles. The number of hydrogen-bond donors (Lipinski definition) is 1. The molecular formula is C15H18N4S2. The van der Waals surface area contributed by atoms with E-state index in [1.54, 1.807) is 22.7 Å². The molecule has 0 atom stereocenters. The molecule has 0 aromatic carbocycles. The van der Waals surface area contributed by atoms with Gasteiger partial charge in [0.15, 0.2) is 5.13 Å². The van der Waals surface area contributed by atoms with E-state index in [0.29, 0.717) is 6.54 Å². The molecule has 0 saturated carbocycles. The third kappa shape index (κ3) is 3.83. The van der Waals surface area contributed by atoms with E-state index in [0.717, 1.165) is 43.4 Å². The summed E-state index contributed by atoms with van der Waals surface area (Å²) in [4.78, 5) is 10.6. The first-order chi connectivity index (χ1) is 10.3. The summed E-state index contributed by atoms with van der Waals surface area (Å²) in [6, 6.07) is 2.18. The van der Waals surface area contributed by atoms with Crippen molar-refractivity contribution in [2.24, 2.45) is 5.73 Å². The minimum atomic E-state index is 0.421. The van der Waals surface area contributed by atoms with Crippen molar-refractivity contribution in [3.05, 3.63) is 33.5 Å². The van der Waals surface area contributed by atoms with Crippen LogP contribution in [0.3, 0.4) is 0 Å². The van der Waals surface area contributed by atoms with E-state index in [9.17, 15) is 0 Å². The summed E-state index contributed by atoms with van der Waals surface area (Å²) in [5.74, 6) is 5.99. The maximum atomic E-state index is 5.40. The molecule has 2 N–H and O–H groups in total. The summed E-state index contributed by atoms with van der Waals surface area (Å²) in [6.07, 6.45) is 1.88. The Morgan fingerprint density at radius 1 is 1.24 bits per heavy atom. The summed E-state index contributed by atoms with van der Waals surface area (Å²) in [5.41, 5.74) is 6.48. The maximum absolute atomic E-state index is 5.40. The Kier molecular flexibility index (Phi) is 4.88. The first-order valence-electron chi connectivity index (χ1n) is 6.98. The van der Waals surface area contributed by atoms with Crippen molar-refractivity contribution in [2.45, 2.75) is 6.54 Å². The third-order valence-corrected chi connectivity index (χ3v) is 5.18. The van der Waals surface area contributed by atoms with Gasteiger partial charge in [0.1, 0.15) is 0 Å². The molecule has 1 aliphatic heterocycles. The fourth-order valence-electron chi connectivity index (χ4n) is 2.37. The third-order valence-electron chi connectivity index (χ3n) is 3.43. The van der Waals surface area contributed by atoms with Gasteiger partial charge < -0.3 is 10.6 Å². The molecule has 110 valence electrons. The number of thiophene rings is 1. The summed E-state index contributed by atoms with van der Waals surface area (Å²) in [6.45, 7) is 5.71. The molecule has 2 aromatic heterocycles. The molecule has 1 fully saturated rings. The minimum Gasteiger partial charge on any atom is -0.346 e. The smallest absolute Gasteiger partial charge is 0.185 e. The molecular weight excluding hydrogens is 300 g/mol. The van der Waals surface area contributed by atoms with Crippen LogP contribution in [-0.4, -0.2) is 42.6 Å². The highest BCUT2D eigenvalue weighted by Gasteiger charge is 2.18. The molecule has 6 heteroatoms. The molecule has 0 bridgehead atoms. The van der Waals surface area contributed by atoms with Gasteiger partial charge in [-0.05, 0) is 6.07 Å². The number of anilines is 1. The summed E-state index contributed by atoms with van der Waals surface area (Å²) in [5, 5.41) is 5.30. The van der Waals surface area contributed by atoms with Crippen LogP contribution >= 0.6 is 22.7 Å². The summed E-state index contributed by atoms with van der Waals surface area (Å²) in [7, 11) is 0.